The van der Waals surface area contributed by atoms with Crippen LogP contribution in [0, 0.1) is 0 Å². The van der Waals surface area contributed by atoms with Crippen molar-refractivity contribution in [2.75, 3.05) is 19.7 Å². The Balaban J connectivity index is 1.52. The number of carbonyl (C=O) groups is 1. The van der Waals surface area contributed by atoms with E-state index in [2.05, 4.69) is 34.9 Å². The van der Waals surface area contributed by atoms with Gasteiger partial charge in [-0.2, -0.15) is 0 Å². The molecular formula is C15H20N2O2. The van der Waals surface area contributed by atoms with Gasteiger partial charge in [-0.25, -0.2) is 0 Å². The molecule has 102 valence electrons. The maximum absolute atomic E-state index is 11.1. The van der Waals surface area contributed by atoms with E-state index in [1.165, 1.54) is 11.1 Å². The Labute approximate surface area is 113 Å². The van der Waals surface area contributed by atoms with Crippen molar-refractivity contribution in [2.45, 2.75) is 31.4 Å². The van der Waals surface area contributed by atoms with Crippen LogP contribution in [0.3, 0.4) is 0 Å². The second-order valence-corrected chi connectivity index (χ2v) is 5.27. The molecule has 0 aromatic heterocycles. The van der Waals surface area contributed by atoms with E-state index in [0.29, 0.717) is 6.42 Å². The number of carbonyl (C=O) groups excluding carboxylic acids is 1. The van der Waals surface area contributed by atoms with Gasteiger partial charge in [-0.3, -0.25) is 4.79 Å². The maximum Gasteiger partial charge on any atom is 0.220 e. The van der Waals surface area contributed by atoms with Crippen LogP contribution in [0.1, 0.15) is 30.1 Å². The molecule has 0 spiro atoms. The fourth-order valence-electron chi connectivity index (χ4n) is 2.86. The molecule has 2 aliphatic rings. The highest BCUT2D eigenvalue weighted by atomic mass is 16.5. The van der Waals surface area contributed by atoms with Crippen LogP contribution >= 0.6 is 0 Å². The quantitative estimate of drug-likeness (QED) is 0.854. The van der Waals surface area contributed by atoms with Gasteiger partial charge < -0.3 is 15.4 Å². The van der Waals surface area contributed by atoms with E-state index in [-0.39, 0.29) is 18.1 Å². The minimum Gasteiger partial charge on any atom is -0.372 e. The van der Waals surface area contributed by atoms with Crippen molar-refractivity contribution in [3.8, 4) is 0 Å². The van der Waals surface area contributed by atoms with E-state index < -0.39 is 0 Å². The number of nitrogens with one attached hydrogen (secondary N) is 2. The Bertz CT molecular complexity index is 461. The predicted molar refractivity (Wildman–Crippen MR) is 72.9 cm³/mol. The summed E-state index contributed by atoms with van der Waals surface area (Å²) in [5.74, 6) is 0.172. The van der Waals surface area contributed by atoms with E-state index >= 15 is 0 Å². The monoisotopic (exact) mass is 260 g/mol. The molecule has 2 heterocycles. The third-order valence-electron chi connectivity index (χ3n) is 3.90. The van der Waals surface area contributed by atoms with Gasteiger partial charge in [0.15, 0.2) is 0 Å². The summed E-state index contributed by atoms with van der Waals surface area (Å²) < 4.78 is 5.84. The molecule has 2 aliphatic heterocycles. The van der Waals surface area contributed by atoms with Crippen LogP contribution in [0.2, 0.25) is 0 Å². The molecule has 2 atom stereocenters. The Morgan fingerprint density at radius 2 is 2.16 bits per heavy atom. The van der Waals surface area contributed by atoms with Gasteiger partial charge in [0.25, 0.3) is 0 Å². The molecule has 2 N–H and O–H groups in total. The third-order valence-corrected chi connectivity index (χ3v) is 3.90. The highest BCUT2D eigenvalue weighted by molar-refractivity contribution is 5.78. The summed E-state index contributed by atoms with van der Waals surface area (Å²) in [5, 5.41) is 6.39. The standard InChI is InChI=1S/C15H20N2O2/c18-15-6-5-12(17-15)9-16-10-14-13-4-2-1-3-11(13)7-8-19-14/h1-4,12,14,16H,5-10H2,(H,17,18). The van der Waals surface area contributed by atoms with Gasteiger partial charge in [-0.1, -0.05) is 24.3 Å². The first kappa shape index (κ1) is 12.6. The van der Waals surface area contributed by atoms with Gasteiger partial charge in [0.2, 0.25) is 5.91 Å². The Hall–Kier alpha value is -1.39. The van der Waals surface area contributed by atoms with Crippen LogP contribution < -0.4 is 10.6 Å². The van der Waals surface area contributed by atoms with Crippen molar-refractivity contribution in [3.05, 3.63) is 35.4 Å². The lowest BCUT2D eigenvalue weighted by molar-refractivity contribution is -0.119. The van der Waals surface area contributed by atoms with Gasteiger partial charge in [0.05, 0.1) is 12.7 Å². The number of hydrogen-bond acceptors (Lipinski definition) is 3. The van der Waals surface area contributed by atoms with Crippen molar-refractivity contribution in [1.29, 1.82) is 0 Å². The lowest BCUT2D eigenvalue weighted by Gasteiger charge is -2.26. The summed E-state index contributed by atoms with van der Waals surface area (Å²) in [6.07, 6.45) is 2.75. The largest absolute Gasteiger partial charge is 0.372 e. The summed E-state index contributed by atoms with van der Waals surface area (Å²) in [7, 11) is 0. The van der Waals surface area contributed by atoms with E-state index in [4.69, 9.17) is 4.74 Å². The zero-order valence-corrected chi connectivity index (χ0v) is 11.0. The first-order valence-corrected chi connectivity index (χ1v) is 7.02. The Kier molecular flexibility index (Phi) is 3.80. The molecule has 1 aromatic carbocycles. The highest BCUT2D eigenvalue weighted by Crippen LogP contribution is 2.26. The van der Waals surface area contributed by atoms with Crippen molar-refractivity contribution < 1.29 is 9.53 Å². The number of rotatable bonds is 4. The number of hydrogen-bond donors (Lipinski definition) is 2. The fraction of sp³-hybridized carbons (Fsp3) is 0.533. The predicted octanol–water partition coefficient (Wildman–Crippen LogP) is 1.17. The third kappa shape index (κ3) is 2.96. The molecule has 0 bridgehead atoms. The van der Waals surface area contributed by atoms with Crippen molar-refractivity contribution >= 4 is 5.91 Å². The van der Waals surface area contributed by atoms with E-state index in [1.807, 2.05) is 0 Å². The average Bonchev–Trinajstić information content (AvgIpc) is 2.85. The van der Waals surface area contributed by atoms with E-state index in [1.54, 1.807) is 0 Å². The first-order chi connectivity index (χ1) is 9.33. The van der Waals surface area contributed by atoms with Gasteiger partial charge >= 0.3 is 0 Å². The SMILES string of the molecule is O=C1CCC(CNCC2OCCc3ccccc32)N1. The second kappa shape index (κ2) is 5.72. The van der Waals surface area contributed by atoms with Crippen molar-refractivity contribution in [1.82, 2.24) is 10.6 Å². The summed E-state index contributed by atoms with van der Waals surface area (Å²) in [6, 6.07) is 8.77. The highest BCUT2D eigenvalue weighted by Gasteiger charge is 2.22. The van der Waals surface area contributed by atoms with Crippen molar-refractivity contribution in [3.63, 3.8) is 0 Å². The zero-order valence-electron chi connectivity index (χ0n) is 11.0. The molecule has 0 radical (unpaired) electrons. The molecule has 4 nitrogen and oxygen atoms in total. The molecule has 0 saturated carbocycles. The fourth-order valence-corrected chi connectivity index (χ4v) is 2.86. The lowest BCUT2D eigenvalue weighted by atomic mass is 9.97. The number of ether oxygens (including phenoxy) is 1. The van der Waals surface area contributed by atoms with Crippen molar-refractivity contribution in [2.24, 2.45) is 0 Å². The summed E-state index contributed by atoms with van der Waals surface area (Å²) >= 11 is 0. The van der Waals surface area contributed by atoms with Gasteiger partial charge in [-0.05, 0) is 24.0 Å². The van der Waals surface area contributed by atoms with Crippen LogP contribution in [-0.4, -0.2) is 31.6 Å². The van der Waals surface area contributed by atoms with Gasteiger partial charge in [-0.15, -0.1) is 0 Å². The topological polar surface area (TPSA) is 50.4 Å². The molecular weight excluding hydrogens is 240 g/mol. The lowest BCUT2D eigenvalue weighted by Crippen LogP contribution is -2.38. The van der Waals surface area contributed by atoms with Crippen LogP contribution in [0.15, 0.2) is 24.3 Å². The van der Waals surface area contributed by atoms with E-state index in [9.17, 15) is 4.79 Å². The smallest absolute Gasteiger partial charge is 0.220 e. The van der Waals surface area contributed by atoms with Gasteiger partial charge in [0.1, 0.15) is 0 Å². The second-order valence-electron chi connectivity index (χ2n) is 5.27. The molecule has 2 unspecified atom stereocenters. The summed E-state index contributed by atoms with van der Waals surface area (Å²) in [4.78, 5) is 11.1. The molecule has 1 fully saturated rings. The molecule has 19 heavy (non-hydrogen) atoms. The maximum atomic E-state index is 11.1. The van der Waals surface area contributed by atoms with Crippen LogP contribution in [0.25, 0.3) is 0 Å². The molecule has 1 saturated heterocycles. The Morgan fingerprint density at radius 3 is 3.00 bits per heavy atom. The summed E-state index contributed by atoms with van der Waals surface area (Å²) in [6.45, 7) is 2.43. The van der Waals surface area contributed by atoms with E-state index in [0.717, 1.165) is 32.5 Å². The molecule has 1 amide bonds. The number of fused-ring (bicyclic) bond motifs is 1. The minimum absolute atomic E-state index is 0.141. The van der Waals surface area contributed by atoms with Crippen LogP contribution in [-0.2, 0) is 16.0 Å². The molecule has 0 aliphatic carbocycles. The minimum atomic E-state index is 0.141. The van der Waals surface area contributed by atoms with Gasteiger partial charge in [0, 0.05) is 25.6 Å². The normalized spacial score (nSPS) is 26.0. The summed E-state index contributed by atoms with van der Waals surface area (Å²) in [5.41, 5.74) is 2.70. The Morgan fingerprint density at radius 1 is 1.26 bits per heavy atom. The molecule has 4 heteroatoms. The average molecular weight is 260 g/mol. The molecule has 1 aromatic rings. The van der Waals surface area contributed by atoms with Crippen LogP contribution in [0.5, 0.6) is 0 Å². The molecule has 3 rings (SSSR count). The number of benzene rings is 1. The first-order valence-electron chi connectivity index (χ1n) is 7.02. The van der Waals surface area contributed by atoms with Crippen LogP contribution in [0.4, 0.5) is 0 Å². The number of amides is 1. The zero-order chi connectivity index (χ0) is 13.1.